The molecule has 0 aromatic carbocycles. The number of aryl methyl sites for hydroxylation is 1. The zero-order valence-electron chi connectivity index (χ0n) is 9.39. The van der Waals surface area contributed by atoms with Crippen molar-refractivity contribution in [3.8, 4) is 0 Å². The van der Waals surface area contributed by atoms with E-state index >= 15 is 0 Å². The highest BCUT2D eigenvalue weighted by atomic mass is 79.9. The molecule has 0 aliphatic heterocycles. The largest absolute Gasteiger partial charge is 0.311 e. The Morgan fingerprint density at radius 3 is 3.12 bits per heavy atom. The van der Waals surface area contributed by atoms with Gasteiger partial charge >= 0.3 is 0 Å². The Kier molecular flexibility index (Phi) is 5.02. The maximum absolute atomic E-state index is 4.16. The fourth-order valence-electron chi connectivity index (χ4n) is 1.29. The van der Waals surface area contributed by atoms with E-state index in [4.69, 9.17) is 0 Å². The molecule has 2 aromatic rings. The van der Waals surface area contributed by atoms with Crippen molar-refractivity contribution in [3.05, 3.63) is 27.1 Å². The molecule has 2 aromatic heterocycles. The first-order chi connectivity index (χ1) is 8.25. The molecule has 0 spiro atoms. The first-order valence-corrected chi connectivity index (χ1v) is 7.82. The number of rotatable bonds is 6. The van der Waals surface area contributed by atoms with Crippen LogP contribution in [0.25, 0.3) is 0 Å². The fourth-order valence-corrected chi connectivity index (χ4v) is 3.49. The van der Waals surface area contributed by atoms with Crippen molar-refractivity contribution in [3.63, 3.8) is 0 Å². The minimum absolute atomic E-state index is 0.926. The Bertz CT molecular complexity index is 468. The highest BCUT2D eigenvalue weighted by molar-refractivity contribution is 9.10. The molecule has 0 saturated heterocycles. The van der Waals surface area contributed by atoms with Crippen molar-refractivity contribution in [2.24, 2.45) is 7.05 Å². The molecule has 4 nitrogen and oxygen atoms in total. The standard InChI is InChI=1S/C10H13BrN4S2/c1-15-10(13-7-14-15)16-3-2-12-5-9-4-8(11)6-17-9/h4,6-7,12H,2-3,5H2,1H3. The Labute approximate surface area is 117 Å². The second-order valence-corrected chi connectivity index (χ2v) is 6.40. The van der Waals surface area contributed by atoms with Gasteiger partial charge in [-0.2, -0.15) is 5.10 Å². The van der Waals surface area contributed by atoms with E-state index in [-0.39, 0.29) is 0 Å². The molecule has 0 saturated carbocycles. The lowest BCUT2D eigenvalue weighted by Crippen LogP contribution is -2.16. The molecule has 0 atom stereocenters. The van der Waals surface area contributed by atoms with Crippen LogP contribution in [-0.4, -0.2) is 27.1 Å². The molecule has 17 heavy (non-hydrogen) atoms. The van der Waals surface area contributed by atoms with E-state index < -0.39 is 0 Å². The number of hydrogen-bond acceptors (Lipinski definition) is 5. The third-order valence-corrected chi connectivity index (χ3v) is 4.83. The van der Waals surface area contributed by atoms with Crippen molar-refractivity contribution < 1.29 is 0 Å². The SMILES string of the molecule is Cn1ncnc1SCCNCc1cc(Br)cs1. The second-order valence-electron chi connectivity index (χ2n) is 3.42. The van der Waals surface area contributed by atoms with Crippen molar-refractivity contribution in [1.29, 1.82) is 0 Å². The van der Waals surface area contributed by atoms with Crippen LogP contribution >= 0.6 is 39.0 Å². The second kappa shape index (κ2) is 6.53. The fraction of sp³-hybridized carbons (Fsp3) is 0.400. The third kappa shape index (κ3) is 4.09. The number of thiophene rings is 1. The van der Waals surface area contributed by atoms with E-state index in [0.717, 1.165) is 28.5 Å². The molecule has 0 bridgehead atoms. The Hall–Kier alpha value is -0.370. The summed E-state index contributed by atoms with van der Waals surface area (Å²) in [5.41, 5.74) is 0. The highest BCUT2D eigenvalue weighted by Crippen LogP contribution is 2.19. The molecule has 2 heterocycles. The van der Waals surface area contributed by atoms with Crippen LogP contribution in [0.2, 0.25) is 0 Å². The van der Waals surface area contributed by atoms with Gasteiger partial charge in [-0.3, -0.25) is 0 Å². The van der Waals surface area contributed by atoms with Crippen molar-refractivity contribution in [1.82, 2.24) is 20.1 Å². The number of thioether (sulfide) groups is 1. The lowest BCUT2D eigenvalue weighted by molar-refractivity contribution is 0.683. The summed E-state index contributed by atoms with van der Waals surface area (Å²) in [6.45, 7) is 1.89. The summed E-state index contributed by atoms with van der Waals surface area (Å²) >= 11 is 6.93. The number of aromatic nitrogens is 3. The molecule has 1 N–H and O–H groups in total. The first kappa shape index (κ1) is 13.1. The van der Waals surface area contributed by atoms with Gasteiger partial charge in [-0.1, -0.05) is 11.8 Å². The van der Waals surface area contributed by atoms with Gasteiger partial charge in [0.1, 0.15) is 6.33 Å². The number of nitrogens with zero attached hydrogens (tertiary/aromatic N) is 3. The Balaban J connectivity index is 1.62. The van der Waals surface area contributed by atoms with E-state index in [1.54, 1.807) is 34.1 Å². The van der Waals surface area contributed by atoms with Crippen LogP contribution in [0.1, 0.15) is 4.88 Å². The maximum atomic E-state index is 4.16. The topological polar surface area (TPSA) is 42.7 Å². The third-order valence-electron chi connectivity index (χ3n) is 2.10. The van der Waals surface area contributed by atoms with Gasteiger partial charge < -0.3 is 5.32 Å². The van der Waals surface area contributed by atoms with Crippen LogP contribution in [0.3, 0.4) is 0 Å². The molecule has 0 aliphatic carbocycles. The predicted molar refractivity (Wildman–Crippen MR) is 75.5 cm³/mol. The average Bonchev–Trinajstić information content (AvgIpc) is 2.88. The smallest absolute Gasteiger partial charge is 0.185 e. The van der Waals surface area contributed by atoms with Gasteiger partial charge in [0.25, 0.3) is 0 Å². The normalized spacial score (nSPS) is 10.9. The summed E-state index contributed by atoms with van der Waals surface area (Å²) < 4.78 is 2.95. The van der Waals surface area contributed by atoms with Crippen molar-refractivity contribution in [2.75, 3.05) is 12.3 Å². The molecule has 2 rings (SSSR count). The van der Waals surface area contributed by atoms with Gasteiger partial charge in [0, 0.05) is 40.6 Å². The monoisotopic (exact) mass is 332 g/mol. The van der Waals surface area contributed by atoms with E-state index in [1.807, 2.05) is 7.05 Å². The summed E-state index contributed by atoms with van der Waals surface area (Å²) in [4.78, 5) is 5.51. The van der Waals surface area contributed by atoms with Gasteiger partial charge in [-0.25, -0.2) is 9.67 Å². The van der Waals surface area contributed by atoms with Crippen LogP contribution in [-0.2, 0) is 13.6 Å². The molecular weight excluding hydrogens is 320 g/mol. The Morgan fingerprint density at radius 1 is 1.59 bits per heavy atom. The first-order valence-electron chi connectivity index (χ1n) is 5.16. The predicted octanol–water partition coefficient (Wildman–Crippen LogP) is 2.52. The summed E-state index contributed by atoms with van der Waals surface area (Å²) in [5, 5.41) is 10.5. The lowest BCUT2D eigenvalue weighted by atomic mass is 10.4. The molecule has 92 valence electrons. The zero-order valence-corrected chi connectivity index (χ0v) is 12.6. The molecule has 0 aliphatic rings. The maximum Gasteiger partial charge on any atom is 0.185 e. The van der Waals surface area contributed by atoms with E-state index in [9.17, 15) is 0 Å². The van der Waals surface area contributed by atoms with Gasteiger partial charge in [0.05, 0.1) is 0 Å². The summed E-state index contributed by atoms with van der Waals surface area (Å²) in [6.07, 6.45) is 1.58. The van der Waals surface area contributed by atoms with Crippen LogP contribution in [0, 0.1) is 0 Å². The number of hydrogen-bond donors (Lipinski definition) is 1. The number of nitrogens with one attached hydrogen (secondary N) is 1. The highest BCUT2D eigenvalue weighted by Gasteiger charge is 2.01. The van der Waals surface area contributed by atoms with Crippen LogP contribution in [0.5, 0.6) is 0 Å². The van der Waals surface area contributed by atoms with Crippen LogP contribution in [0.4, 0.5) is 0 Å². The average molecular weight is 333 g/mol. The summed E-state index contributed by atoms with van der Waals surface area (Å²) in [5.74, 6) is 0.999. The Morgan fingerprint density at radius 2 is 2.47 bits per heavy atom. The lowest BCUT2D eigenvalue weighted by Gasteiger charge is -2.02. The van der Waals surface area contributed by atoms with E-state index in [0.29, 0.717) is 0 Å². The minimum atomic E-state index is 0.926. The molecular formula is C10H13BrN4S2. The van der Waals surface area contributed by atoms with Crippen molar-refractivity contribution >= 4 is 39.0 Å². The minimum Gasteiger partial charge on any atom is -0.311 e. The van der Waals surface area contributed by atoms with E-state index in [2.05, 4.69) is 42.8 Å². The number of halogens is 1. The van der Waals surface area contributed by atoms with Gasteiger partial charge in [0.2, 0.25) is 0 Å². The van der Waals surface area contributed by atoms with Crippen molar-refractivity contribution in [2.45, 2.75) is 11.7 Å². The molecule has 0 radical (unpaired) electrons. The molecule has 0 fully saturated rings. The van der Waals surface area contributed by atoms with Gasteiger partial charge in [-0.05, 0) is 22.0 Å². The quantitative estimate of drug-likeness (QED) is 0.652. The van der Waals surface area contributed by atoms with Crippen LogP contribution < -0.4 is 5.32 Å². The molecule has 0 amide bonds. The summed E-state index contributed by atoms with van der Waals surface area (Å²) in [7, 11) is 1.91. The molecule has 0 unspecified atom stereocenters. The van der Waals surface area contributed by atoms with Gasteiger partial charge in [0.15, 0.2) is 5.16 Å². The molecule has 7 heteroatoms. The van der Waals surface area contributed by atoms with E-state index in [1.165, 1.54) is 4.88 Å². The van der Waals surface area contributed by atoms with Crippen LogP contribution in [0.15, 0.2) is 27.4 Å². The summed E-state index contributed by atoms with van der Waals surface area (Å²) in [6, 6.07) is 2.15. The zero-order chi connectivity index (χ0) is 12.1. The van der Waals surface area contributed by atoms with Gasteiger partial charge in [-0.15, -0.1) is 11.3 Å².